The summed E-state index contributed by atoms with van der Waals surface area (Å²) in [6.45, 7) is 3.14. The highest BCUT2D eigenvalue weighted by atomic mass is 79.9. The third kappa shape index (κ3) is 4.31. The fourth-order valence-corrected chi connectivity index (χ4v) is 4.67. The van der Waals surface area contributed by atoms with Gasteiger partial charge in [0.2, 0.25) is 5.91 Å². The lowest BCUT2D eigenvalue weighted by atomic mass is 10.1. The summed E-state index contributed by atoms with van der Waals surface area (Å²) in [5.41, 5.74) is 1.70. The van der Waals surface area contributed by atoms with Crippen LogP contribution in [-0.2, 0) is 24.3 Å². The molecule has 0 bridgehead atoms. The number of halogens is 1. The molecule has 3 rings (SSSR count). The van der Waals surface area contributed by atoms with Gasteiger partial charge in [0, 0.05) is 28.5 Å². The van der Waals surface area contributed by atoms with E-state index in [4.69, 9.17) is 4.74 Å². The van der Waals surface area contributed by atoms with Crippen LogP contribution in [0.25, 0.3) is 17.0 Å². The molecule has 30 heavy (non-hydrogen) atoms. The van der Waals surface area contributed by atoms with Gasteiger partial charge in [-0.2, -0.15) is 0 Å². The summed E-state index contributed by atoms with van der Waals surface area (Å²) >= 11 is 3.39. The molecule has 0 spiro atoms. The molecule has 0 fully saturated rings. The molecule has 1 amide bonds. The molecule has 0 atom stereocenters. The number of hydrogen-bond donors (Lipinski definition) is 1. The number of hydrogen-bond acceptors (Lipinski definition) is 5. The van der Waals surface area contributed by atoms with Gasteiger partial charge in [-0.25, -0.2) is 17.2 Å². The topological polar surface area (TPSA) is 94.5 Å². The highest BCUT2D eigenvalue weighted by Crippen LogP contribution is 2.30. The molecule has 0 unspecified atom stereocenters. The summed E-state index contributed by atoms with van der Waals surface area (Å²) in [6.07, 6.45) is 2.81. The van der Waals surface area contributed by atoms with Gasteiger partial charge in [-0.3, -0.25) is 4.79 Å². The van der Waals surface area contributed by atoms with E-state index in [1.54, 1.807) is 42.5 Å². The molecule has 7 nitrogen and oxygen atoms in total. The third-order valence-electron chi connectivity index (χ3n) is 4.36. The van der Waals surface area contributed by atoms with E-state index in [2.05, 4.69) is 21.2 Å². The van der Waals surface area contributed by atoms with E-state index < -0.39 is 21.9 Å². The van der Waals surface area contributed by atoms with E-state index in [-0.39, 0.29) is 10.6 Å². The molecule has 3 aromatic rings. The molecule has 156 valence electrons. The van der Waals surface area contributed by atoms with Crippen LogP contribution in [-0.4, -0.2) is 31.4 Å². The Morgan fingerprint density at radius 1 is 1.13 bits per heavy atom. The van der Waals surface area contributed by atoms with Crippen LogP contribution < -0.4 is 5.32 Å². The Kier molecular flexibility index (Phi) is 6.14. The number of nitrogens with one attached hydrogen (secondary N) is 1. The van der Waals surface area contributed by atoms with Crippen LogP contribution in [0.5, 0.6) is 0 Å². The highest BCUT2D eigenvalue weighted by molar-refractivity contribution is 9.10. The predicted molar refractivity (Wildman–Crippen MR) is 117 cm³/mol. The summed E-state index contributed by atoms with van der Waals surface area (Å²) in [5.74, 6) is -1.20. The van der Waals surface area contributed by atoms with Crippen molar-refractivity contribution in [1.82, 2.24) is 9.29 Å². The molecular formula is C21H19BrN2O5S. The minimum Gasteiger partial charge on any atom is -0.464 e. The highest BCUT2D eigenvalue weighted by Gasteiger charge is 2.22. The van der Waals surface area contributed by atoms with Crippen LogP contribution in [0.2, 0.25) is 0 Å². The second-order valence-corrected chi connectivity index (χ2v) is 9.32. The molecule has 0 saturated heterocycles. The first-order valence-electron chi connectivity index (χ1n) is 8.84. The summed E-state index contributed by atoms with van der Waals surface area (Å²) in [4.78, 5) is 23.7. The zero-order chi connectivity index (χ0) is 22.1. The number of nitrogens with zero attached hydrogens (tertiary/aromatic N) is 1. The lowest BCUT2D eigenvalue weighted by Crippen LogP contribution is -2.25. The maximum absolute atomic E-state index is 13.3. The van der Waals surface area contributed by atoms with Crippen LogP contribution in [0, 0.1) is 6.92 Å². The number of esters is 1. The van der Waals surface area contributed by atoms with Crippen LogP contribution in [0.1, 0.15) is 18.1 Å². The zero-order valence-electron chi connectivity index (χ0n) is 16.5. The first-order chi connectivity index (χ1) is 14.1. The van der Waals surface area contributed by atoms with Gasteiger partial charge in [-0.05, 0) is 43.3 Å². The van der Waals surface area contributed by atoms with Crippen molar-refractivity contribution in [3.8, 4) is 0 Å². The van der Waals surface area contributed by atoms with Crippen molar-refractivity contribution in [2.45, 2.75) is 18.7 Å². The first kappa shape index (κ1) is 21.8. The monoisotopic (exact) mass is 490 g/mol. The van der Waals surface area contributed by atoms with Gasteiger partial charge in [0.05, 0.1) is 17.5 Å². The van der Waals surface area contributed by atoms with E-state index in [0.29, 0.717) is 16.5 Å². The van der Waals surface area contributed by atoms with Crippen molar-refractivity contribution in [2.24, 2.45) is 0 Å². The van der Waals surface area contributed by atoms with E-state index in [0.717, 1.165) is 14.0 Å². The summed E-state index contributed by atoms with van der Waals surface area (Å²) in [5, 5.41) is 3.00. The van der Waals surface area contributed by atoms with Crippen molar-refractivity contribution >= 4 is 54.8 Å². The third-order valence-corrected chi connectivity index (χ3v) is 6.54. The largest absolute Gasteiger partial charge is 0.464 e. The number of fused-ring (bicyclic) bond motifs is 1. The quantitative estimate of drug-likeness (QED) is 0.435. The number of amides is 1. The average molecular weight is 491 g/mol. The Morgan fingerprint density at radius 2 is 1.80 bits per heavy atom. The number of aromatic nitrogens is 1. The van der Waals surface area contributed by atoms with Crippen LogP contribution in [0.15, 0.2) is 63.7 Å². The summed E-state index contributed by atoms with van der Waals surface area (Å²) in [6, 6.07) is 11.7. The van der Waals surface area contributed by atoms with Crippen molar-refractivity contribution < 1.29 is 22.7 Å². The van der Waals surface area contributed by atoms with Crippen LogP contribution in [0.3, 0.4) is 0 Å². The Balaban J connectivity index is 2.26. The molecule has 1 N–H and O–H groups in total. The molecule has 0 aliphatic carbocycles. The molecule has 1 heterocycles. The maximum Gasteiger partial charge on any atom is 0.354 e. The van der Waals surface area contributed by atoms with E-state index >= 15 is 0 Å². The molecule has 0 aliphatic rings. The fraction of sp³-hybridized carbons (Fsp3) is 0.143. The normalized spacial score (nSPS) is 12.1. The zero-order valence-corrected chi connectivity index (χ0v) is 18.9. The van der Waals surface area contributed by atoms with Crippen LogP contribution in [0.4, 0.5) is 0 Å². The second-order valence-electron chi connectivity index (χ2n) is 6.59. The first-order valence-corrected chi connectivity index (χ1v) is 11.1. The van der Waals surface area contributed by atoms with Crippen molar-refractivity contribution in [2.75, 3.05) is 7.11 Å². The van der Waals surface area contributed by atoms with Gasteiger partial charge >= 0.3 is 5.97 Å². The number of methoxy groups -OCH3 is 1. The second kappa shape index (κ2) is 8.45. The average Bonchev–Trinajstić information content (AvgIpc) is 3.05. The molecule has 1 aromatic heterocycles. The number of ether oxygens (including phenoxy) is 1. The minimum atomic E-state index is -3.89. The molecule has 2 aromatic carbocycles. The van der Waals surface area contributed by atoms with Crippen molar-refractivity contribution in [1.29, 1.82) is 0 Å². The van der Waals surface area contributed by atoms with Gasteiger partial charge in [0.1, 0.15) is 5.70 Å². The molecule has 9 heteroatoms. The molecule has 0 saturated carbocycles. The number of carbonyl (C=O) groups is 2. The predicted octanol–water partition coefficient (Wildman–Crippen LogP) is 3.60. The molecule has 0 radical (unpaired) electrons. The Morgan fingerprint density at radius 3 is 2.40 bits per heavy atom. The maximum atomic E-state index is 13.3. The number of benzene rings is 2. The van der Waals surface area contributed by atoms with E-state index in [1.165, 1.54) is 26.3 Å². The van der Waals surface area contributed by atoms with Crippen LogP contribution >= 0.6 is 15.9 Å². The van der Waals surface area contributed by atoms with E-state index in [1.807, 2.05) is 6.92 Å². The minimum absolute atomic E-state index is 0.100. The Hall–Kier alpha value is -2.91. The summed E-state index contributed by atoms with van der Waals surface area (Å²) < 4.78 is 33.2. The smallest absolute Gasteiger partial charge is 0.354 e. The SMILES string of the molecule is COC(=O)/C(=C/c1cn(S(=O)(=O)c2ccc(C)cc2)c2ccc(Br)cc12)NC(C)=O. The summed E-state index contributed by atoms with van der Waals surface area (Å²) in [7, 11) is -2.70. The van der Waals surface area contributed by atoms with Gasteiger partial charge in [-0.15, -0.1) is 0 Å². The fourth-order valence-electron chi connectivity index (χ4n) is 2.94. The standard InChI is InChI=1S/C21H19BrN2O5S/c1-13-4-7-17(8-5-13)30(27,28)24-12-15(18-11-16(22)6-9-20(18)24)10-19(21(26)29-3)23-14(2)25/h4-12H,1-3H3,(H,23,25)/b19-10-. The number of rotatable bonds is 5. The van der Waals surface area contributed by atoms with Gasteiger partial charge in [0.25, 0.3) is 10.0 Å². The van der Waals surface area contributed by atoms with E-state index in [9.17, 15) is 18.0 Å². The van der Waals surface area contributed by atoms with Gasteiger partial charge in [-0.1, -0.05) is 33.6 Å². The number of aryl methyl sites for hydroxylation is 1. The number of carbonyl (C=O) groups excluding carboxylic acids is 2. The Labute approximate surface area is 182 Å². The lowest BCUT2D eigenvalue weighted by Gasteiger charge is -2.08. The molecule has 0 aliphatic heterocycles. The Bertz CT molecular complexity index is 1270. The molecular weight excluding hydrogens is 472 g/mol. The van der Waals surface area contributed by atoms with Gasteiger partial charge < -0.3 is 10.1 Å². The lowest BCUT2D eigenvalue weighted by molar-refractivity contribution is -0.137. The van der Waals surface area contributed by atoms with Crippen molar-refractivity contribution in [3.63, 3.8) is 0 Å². The van der Waals surface area contributed by atoms with Gasteiger partial charge in [0.15, 0.2) is 0 Å². The van der Waals surface area contributed by atoms with Crippen molar-refractivity contribution in [3.05, 3.63) is 70.0 Å².